The predicted octanol–water partition coefficient (Wildman–Crippen LogP) is 1.27. The normalized spacial score (nSPS) is 17.9. The van der Waals surface area contributed by atoms with Gasteiger partial charge in [-0.15, -0.1) is 11.3 Å². The summed E-state index contributed by atoms with van der Waals surface area (Å²) >= 11 is 1.65. The molecule has 2 heterocycles. The number of thiophene rings is 1. The van der Waals surface area contributed by atoms with Gasteiger partial charge in [0, 0.05) is 30.6 Å². The van der Waals surface area contributed by atoms with Crippen molar-refractivity contribution in [1.82, 2.24) is 15.5 Å². The van der Waals surface area contributed by atoms with E-state index in [4.69, 9.17) is 4.74 Å². The van der Waals surface area contributed by atoms with Crippen LogP contribution in [0.4, 0.5) is 4.79 Å². The number of carbonyl (C=O) groups is 1. The molecular weight excluding hydrogens is 262 g/mol. The zero-order valence-corrected chi connectivity index (χ0v) is 12.0. The minimum atomic E-state index is -0.103. The first-order valence-corrected chi connectivity index (χ1v) is 7.49. The summed E-state index contributed by atoms with van der Waals surface area (Å²) in [5.74, 6) is 0. The monoisotopic (exact) mass is 283 g/mol. The Morgan fingerprint density at radius 3 is 3.00 bits per heavy atom. The lowest BCUT2D eigenvalue weighted by atomic mass is 10.3. The van der Waals surface area contributed by atoms with Gasteiger partial charge in [-0.2, -0.15) is 0 Å². The minimum absolute atomic E-state index is 0.103. The van der Waals surface area contributed by atoms with Crippen LogP contribution in [-0.4, -0.2) is 49.8 Å². The lowest BCUT2D eigenvalue weighted by Gasteiger charge is -2.29. The van der Waals surface area contributed by atoms with Gasteiger partial charge in [-0.25, -0.2) is 4.79 Å². The molecule has 2 rings (SSSR count). The van der Waals surface area contributed by atoms with Crippen molar-refractivity contribution in [2.24, 2.45) is 0 Å². The van der Waals surface area contributed by atoms with E-state index in [0.29, 0.717) is 6.54 Å². The van der Waals surface area contributed by atoms with Gasteiger partial charge < -0.3 is 15.4 Å². The van der Waals surface area contributed by atoms with Gasteiger partial charge in [0.05, 0.1) is 19.8 Å². The molecule has 1 aliphatic rings. The van der Waals surface area contributed by atoms with Crippen LogP contribution in [0.25, 0.3) is 0 Å². The average Bonchev–Trinajstić information content (AvgIpc) is 2.90. The van der Waals surface area contributed by atoms with Crippen molar-refractivity contribution in [3.05, 3.63) is 22.4 Å². The summed E-state index contributed by atoms with van der Waals surface area (Å²) in [5, 5.41) is 7.84. The third-order valence-electron chi connectivity index (χ3n) is 3.02. The van der Waals surface area contributed by atoms with E-state index in [1.54, 1.807) is 11.3 Å². The van der Waals surface area contributed by atoms with Crippen LogP contribution in [0, 0.1) is 0 Å². The number of hydrogen-bond acceptors (Lipinski definition) is 4. The number of nitrogens with zero attached hydrogens (tertiary/aromatic N) is 1. The van der Waals surface area contributed by atoms with Crippen molar-refractivity contribution in [2.75, 3.05) is 32.8 Å². The molecule has 6 heteroatoms. The number of rotatable bonds is 5. The van der Waals surface area contributed by atoms with E-state index < -0.39 is 0 Å². The highest BCUT2D eigenvalue weighted by molar-refractivity contribution is 7.09. The molecule has 2 amide bonds. The fourth-order valence-corrected chi connectivity index (χ4v) is 2.72. The maximum absolute atomic E-state index is 11.7. The highest BCUT2D eigenvalue weighted by Gasteiger charge is 2.14. The highest BCUT2D eigenvalue weighted by Crippen LogP contribution is 2.07. The number of nitrogens with one attached hydrogen (secondary N) is 2. The van der Waals surface area contributed by atoms with Crippen molar-refractivity contribution >= 4 is 17.4 Å². The third kappa shape index (κ3) is 5.18. The standard InChI is InChI=1S/C13H21N3O2S/c1-11(10-16-4-6-18-7-5-16)15-13(17)14-9-12-3-2-8-19-12/h2-3,8,11H,4-7,9-10H2,1H3,(H2,14,15,17). The van der Waals surface area contributed by atoms with E-state index in [1.807, 2.05) is 24.4 Å². The van der Waals surface area contributed by atoms with Gasteiger partial charge in [0.2, 0.25) is 0 Å². The molecule has 0 aliphatic carbocycles. The van der Waals surface area contributed by atoms with E-state index in [2.05, 4.69) is 15.5 Å². The molecule has 1 aromatic rings. The summed E-state index contributed by atoms with van der Waals surface area (Å²) < 4.78 is 5.30. The summed E-state index contributed by atoms with van der Waals surface area (Å²) in [7, 11) is 0. The Labute approximate surface area is 117 Å². The fourth-order valence-electron chi connectivity index (χ4n) is 2.07. The summed E-state index contributed by atoms with van der Waals surface area (Å²) in [6.07, 6.45) is 0. The molecule has 106 valence electrons. The SMILES string of the molecule is CC(CN1CCOCC1)NC(=O)NCc1cccs1. The van der Waals surface area contributed by atoms with Gasteiger partial charge >= 0.3 is 6.03 Å². The van der Waals surface area contributed by atoms with E-state index in [0.717, 1.165) is 37.7 Å². The van der Waals surface area contributed by atoms with Gasteiger partial charge in [0.1, 0.15) is 0 Å². The Morgan fingerprint density at radius 1 is 1.53 bits per heavy atom. The smallest absolute Gasteiger partial charge is 0.315 e. The number of morpholine rings is 1. The fraction of sp³-hybridized carbons (Fsp3) is 0.615. The number of amides is 2. The lowest BCUT2D eigenvalue weighted by molar-refractivity contribution is 0.0349. The van der Waals surface area contributed by atoms with Crippen molar-refractivity contribution < 1.29 is 9.53 Å². The summed E-state index contributed by atoms with van der Waals surface area (Å²) in [4.78, 5) is 15.2. The van der Waals surface area contributed by atoms with E-state index >= 15 is 0 Å². The number of urea groups is 1. The highest BCUT2D eigenvalue weighted by atomic mass is 32.1. The molecule has 5 nitrogen and oxygen atoms in total. The average molecular weight is 283 g/mol. The van der Waals surface area contributed by atoms with E-state index in [-0.39, 0.29) is 12.1 Å². The third-order valence-corrected chi connectivity index (χ3v) is 3.89. The van der Waals surface area contributed by atoms with Gasteiger partial charge in [0.25, 0.3) is 0 Å². The maximum atomic E-state index is 11.7. The maximum Gasteiger partial charge on any atom is 0.315 e. The topological polar surface area (TPSA) is 53.6 Å². The molecule has 1 saturated heterocycles. The van der Waals surface area contributed by atoms with Crippen LogP contribution in [0.5, 0.6) is 0 Å². The quantitative estimate of drug-likeness (QED) is 0.855. The zero-order chi connectivity index (χ0) is 13.5. The van der Waals surface area contributed by atoms with Crippen LogP contribution in [0.1, 0.15) is 11.8 Å². The molecule has 1 fully saturated rings. The second-order valence-corrected chi connectivity index (χ2v) is 5.75. The molecule has 1 unspecified atom stereocenters. The van der Waals surface area contributed by atoms with Crippen molar-refractivity contribution in [2.45, 2.75) is 19.5 Å². The summed E-state index contributed by atoms with van der Waals surface area (Å²) in [5.41, 5.74) is 0. The Bertz CT molecular complexity index is 377. The second kappa shape index (κ2) is 7.47. The molecule has 2 N–H and O–H groups in total. The number of carbonyl (C=O) groups excluding carboxylic acids is 1. The van der Waals surface area contributed by atoms with E-state index in [1.165, 1.54) is 0 Å². The van der Waals surface area contributed by atoms with Crippen molar-refractivity contribution in [3.8, 4) is 0 Å². The van der Waals surface area contributed by atoms with Gasteiger partial charge in [0.15, 0.2) is 0 Å². The van der Waals surface area contributed by atoms with E-state index in [9.17, 15) is 4.79 Å². The molecule has 0 spiro atoms. The summed E-state index contributed by atoms with van der Waals surface area (Å²) in [6, 6.07) is 4.04. The Hall–Kier alpha value is -1.11. The van der Waals surface area contributed by atoms with Crippen LogP contribution in [0.2, 0.25) is 0 Å². The van der Waals surface area contributed by atoms with Gasteiger partial charge in [-0.3, -0.25) is 4.90 Å². The Morgan fingerprint density at radius 2 is 2.32 bits per heavy atom. The van der Waals surface area contributed by atoms with Crippen LogP contribution in [0.15, 0.2) is 17.5 Å². The zero-order valence-electron chi connectivity index (χ0n) is 11.2. The number of hydrogen-bond donors (Lipinski definition) is 2. The molecule has 1 aromatic heterocycles. The van der Waals surface area contributed by atoms with Crippen LogP contribution < -0.4 is 10.6 Å². The first-order chi connectivity index (χ1) is 9.24. The molecule has 0 bridgehead atoms. The Balaban J connectivity index is 1.63. The second-order valence-electron chi connectivity index (χ2n) is 4.72. The van der Waals surface area contributed by atoms with Crippen molar-refractivity contribution in [1.29, 1.82) is 0 Å². The van der Waals surface area contributed by atoms with Crippen molar-refractivity contribution in [3.63, 3.8) is 0 Å². The molecule has 0 radical (unpaired) electrons. The Kier molecular flexibility index (Phi) is 5.62. The lowest BCUT2D eigenvalue weighted by Crippen LogP contribution is -2.48. The van der Waals surface area contributed by atoms with Crippen LogP contribution in [0.3, 0.4) is 0 Å². The molecule has 1 aliphatic heterocycles. The minimum Gasteiger partial charge on any atom is -0.379 e. The summed E-state index contributed by atoms with van der Waals surface area (Å²) in [6.45, 7) is 6.96. The van der Waals surface area contributed by atoms with Crippen LogP contribution >= 0.6 is 11.3 Å². The molecular formula is C13H21N3O2S. The largest absolute Gasteiger partial charge is 0.379 e. The number of ether oxygens (including phenoxy) is 1. The first kappa shape index (κ1) is 14.3. The molecule has 19 heavy (non-hydrogen) atoms. The predicted molar refractivity (Wildman–Crippen MR) is 76.4 cm³/mol. The van der Waals surface area contributed by atoms with Gasteiger partial charge in [-0.1, -0.05) is 6.07 Å². The molecule has 0 aromatic carbocycles. The molecule has 0 saturated carbocycles. The van der Waals surface area contributed by atoms with Gasteiger partial charge in [-0.05, 0) is 18.4 Å². The molecule has 1 atom stereocenters. The first-order valence-electron chi connectivity index (χ1n) is 6.61. The van der Waals surface area contributed by atoms with Crippen LogP contribution in [-0.2, 0) is 11.3 Å².